The van der Waals surface area contributed by atoms with E-state index in [1.165, 1.54) is 0 Å². The number of hydrogen-bond acceptors (Lipinski definition) is 4. The zero-order valence-corrected chi connectivity index (χ0v) is 15.1. The Labute approximate surface area is 149 Å². The number of ether oxygens (including phenoxy) is 1. The van der Waals surface area contributed by atoms with Gasteiger partial charge in [0.25, 0.3) is 0 Å². The molecule has 1 aromatic rings. The van der Waals surface area contributed by atoms with Gasteiger partial charge in [0.05, 0.1) is 18.9 Å². The van der Waals surface area contributed by atoms with Gasteiger partial charge in [-0.15, -0.1) is 6.58 Å². The molecule has 2 amide bonds. The van der Waals surface area contributed by atoms with Gasteiger partial charge in [-0.3, -0.25) is 9.59 Å². The van der Waals surface area contributed by atoms with Crippen molar-refractivity contribution in [2.75, 3.05) is 26.2 Å². The van der Waals surface area contributed by atoms with Crippen molar-refractivity contribution >= 4 is 11.8 Å². The smallest absolute Gasteiger partial charge is 0.242 e. The van der Waals surface area contributed by atoms with E-state index in [1.54, 1.807) is 28.2 Å². The fourth-order valence-corrected chi connectivity index (χ4v) is 2.90. The van der Waals surface area contributed by atoms with Gasteiger partial charge in [0.1, 0.15) is 12.3 Å². The monoisotopic (exact) mass is 348 g/mol. The van der Waals surface area contributed by atoms with Crippen LogP contribution in [0.15, 0.2) is 35.5 Å². The highest BCUT2D eigenvalue weighted by Crippen LogP contribution is 2.16. The minimum absolute atomic E-state index is 0.0382. The molecule has 0 bridgehead atoms. The van der Waals surface area contributed by atoms with E-state index >= 15 is 0 Å². The standard InChI is InChI=1S/C19H28N2O4/c1-4-9-20(19(23)15(2)3)14-18(22)21(12-16-7-5-10-24-16)13-17-8-6-11-25-17/h4-5,7,10,15,17H,1,6,8-9,11-14H2,2-3H3. The van der Waals surface area contributed by atoms with Crippen molar-refractivity contribution in [3.8, 4) is 0 Å². The van der Waals surface area contributed by atoms with Gasteiger partial charge in [0.15, 0.2) is 0 Å². The Balaban J connectivity index is 2.06. The van der Waals surface area contributed by atoms with Crippen molar-refractivity contribution in [2.45, 2.75) is 39.3 Å². The third-order valence-electron chi connectivity index (χ3n) is 4.21. The quantitative estimate of drug-likeness (QED) is 0.643. The van der Waals surface area contributed by atoms with Gasteiger partial charge < -0.3 is 19.0 Å². The van der Waals surface area contributed by atoms with E-state index < -0.39 is 0 Å². The molecule has 2 rings (SSSR count). The van der Waals surface area contributed by atoms with Crippen LogP contribution in [0.2, 0.25) is 0 Å². The summed E-state index contributed by atoms with van der Waals surface area (Å²) in [4.78, 5) is 28.5. The third-order valence-corrected chi connectivity index (χ3v) is 4.21. The normalized spacial score (nSPS) is 16.8. The molecule has 0 spiro atoms. The molecule has 1 atom stereocenters. The maximum atomic E-state index is 12.9. The average Bonchev–Trinajstić information content (AvgIpc) is 3.26. The molecule has 1 saturated heterocycles. The molecule has 0 aliphatic carbocycles. The lowest BCUT2D eigenvalue weighted by Gasteiger charge is -2.29. The predicted molar refractivity (Wildman–Crippen MR) is 94.7 cm³/mol. The van der Waals surface area contributed by atoms with Gasteiger partial charge in [-0.1, -0.05) is 19.9 Å². The second kappa shape index (κ2) is 9.42. The van der Waals surface area contributed by atoms with E-state index in [0.717, 1.165) is 25.2 Å². The predicted octanol–water partition coefficient (Wildman–Crippen LogP) is 2.46. The number of rotatable bonds is 9. The zero-order chi connectivity index (χ0) is 18.2. The molecule has 6 nitrogen and oxygen atoms in total. The fraction of sp³-hybridized carbons (Fsp3) is 0.579. The summed E-state index contributed by atoms with van der Waals surface area (Å²) in [5.41, 5.74) is 0. The Hall–Kier alpha value is -2.08. The van der Waals surface area contributed by atoms with Crippen LogP contribution >= 0.6 is 0 Å². The summed E-state index contributed by atoms with van der Waals surface area (Å²) in [5.74, 6) is 0.396. The summed E-state index contributed by atoms with van der Waals surface area (Å²) >= 11 is 0. The molecule has 0 radical (unpaired) electrons. The Morgan fingerprint density at radius 3 is 2.76 bits per heavy atom. The van der Waals surface area contributed by atoms with E-state index in [1.807, 2.05) is 19.9 Å². The van der Waals surface area contributed by atoms with Crippen LogP contribution in [0, 0.1) is 5.92 Å². The molecule has 25 heavy (non-hydrogen) atoms. The summed E-state index contributed by atoms with van der Waals surface area (Å²) in [7, 11) is 0. The van der Waals surface area contributed by atoms with Gasteiger partial charge >= 0.3 is 0 Å². The maximum absolute atomic E-state index is 12.9. The summed E-state index contributed by atoms with van der Waals surface area (Å²) in [6, 6.07) is 3.65. The largest absolute Gasteiger partial charge is 0.467 e. The molecule has 6 heteroatoms. The topological polar surface area (TPSA) is 63.0 Å². The molecular weight excluding hydrogens is 320 g/mol. The Bertz CT molecular complexity index is 562. The molecule has 0 aromatic carbocycles. The molecular formula is C19H28N2O4. The van der Waals surface area contributed by atoms with Crippen molar-refractivity contribution in [1.29, 1.82) is 0 Å². The van der Waals surface area contributed by atoms with Crippen LogP contribution in [0.1, 0.15) is 32.4 Å². The van der Waals surface area contributed by atoms with Gasteiger partial charge in [-0.2, -0.15) is 0 Å². The first-order chi connectivity index (χ1) is 12.0. The molecule has 2 heterocycles. The second-order valence-electron chi connectivity index (χ2n) is 6.65. The van der Waals surface area contributed by atoms with Crippen molar-refractivity contribution in [2.24, 2.45) is 5.92 Å². The van der Waals surface area contributed by atoms with E-state index in [2.05, 4.69) is 6.58 Å². The van der Waals surface area contributed by atoms with Crippen LogP contribution in [0.5, 0.6) is 0 Å². The molecule has 0 saturated carbocycles. The second-order valence-corrected chi connectivity index (χ2v) is 6.65. The lowest BCUT2D eigenvalue weighted by atomic mass is 10.2. The summed E-state index contributed by atoms with van der Waals surface area (Å²) in [6.45, 7) is 9.37. The molecule has 1 aliphatic rings. The van der Waals surface area contributed by atoms with Crippen LogP contribution in [-0.4, -0.2) is 54.0 Å². The van der Waals surface area contributed by atoms with E-state index in [4.69, 9.17) is 9.15 Å². The van der Waals surface area contributed by atoms with Crippen molar-refractivity contribution in [3.05, 3.63) is 36.8 Å². The highest BCUT2D eigenvalue weighted by molar-refractivity contribution is 5.85. The van der Waals surface area contributed by atoms with Gasteiger partial charge in [0, 0.05) is 25.6 Å². The Morgan fingerprint density at radius 2 is 2.20 bits per heavy atom. The number of hydrogen-bond donors (Lipinski definition) is 0. The molecule has 1 aliphatic heterocycles. The first-order valence-electron chi connectivity index (χ1n) is 8.82. The van der Waals surface area contributed by atoms with E-state index in [-0.39, 0.29) is 30.4 Å². The van der Waals surface area contributed by atoms with Crippen LogP contribution in [0.25, 0.3) is 0 Å². The van der Waals surface area contributed by atoms with Gasteiger partial charge in [-0.25, -0.2) is 0 Å². The summed E-state index contributed by atoms with van der Waals surface area (Å²) in [5, 5.41) is 0. The minimum atomic E-state index is -0.163. The number of carbonyl (C=O) groups is 2. The summed E-state index contributed by atoms with van der Waals surface area (Å²) < 4.78 is 11.1. The molecule has 138 valence electrons. The SMILES string of the molecule is C=CCN(CC(=O)N(Cc1ccco1)CC1CCCO1)C(=O)C(C)C. The van der Waals surface area contributed by atoms with Gasteiger partial charge in [-0.05, 0) is 25.0 Å². The lowest BCUT2D eigenvalue weighted by Crippen LogP contribution is -2.46. The average molecular weight is 348 g/mol. The van der Waals surface area contributed by atoms with Crippen LogP contribution in [-0.2, 0) is 20.9 Å². The maximum Gasteiger partial charge on any atom is 0.242 e. The fourth-order valence-electron chi connectivity index (χ4n) is 2.90. The van der Waals surface area contributed by atoms with Crippen molar-refractivity contribution in [3.63, 3.8) is 0 Å². The first kappa shape index (κ1) is 19.2. The molecule has 1 unspecified atom stereocenters. The number of amides is 2. The Morgan fingerprint density at radius 1 is 1.40 bits per heavy atom. The number of furan rings is 1. The first-order valence-corrected chi connectivity index (χ1v) is 8.82. The molecule has 1 fully saturated rings. The molecule has 0 N–H and O–H groups in total. The van der Waals surface area contributed by atoms with Crippen LogP contribution < -0.4 is 0 Å². The van der Waals surface area contributed by atoms with E-state index in [0.29, 0.717) is 19.6 Å². The van der Waals surface area contributed by atoms with Crippen molar-refractivity contribution in [1.82, 2.24) is 9.80 Å². The zero-order valence-electron chi connectivity index (χ0n) is 15.1. The highest BCUT2D eigenvalue weighted by atomic mass is 16.5. The van der Waals surface area contributed by atoms with Crippen LogP contribution in [0.3, 0.4) is 0 Å². The van der Waals surface area contributed by atoms with Crippen molar-refractivity contribution < 1.29 is 18.7 Å². The molecule has 1 aromatic heterocycles. The summed E-state index contributed by atoms with van der Waals surface area (Å²) in [6.07, 6.45) is 5.25. The number of nitrogens with zero attached hydrogens (tertiary/aromatic N) is 2. The van der Waals surface area contributed by atoms with E-state index in [9.17, 15) is 9.59 Å². The van der Waals surface area contributed by atoms with Gasteiger partial charge in [0.2, 0.25) is 11.8 Å². The lowest BCUT2D eigenvalue weighted by molar-refractivity contribution is -0.143. The highest BCUT2D eigenvalue weighted by Gasteiger charge is 2.26. The van der Waals surface area contributed by atoms with Crippen LogP contribution in [0.4, 0.5) is 0 Å². The number of carbonyl (C=O) groups excluding carboxylic acids is 2. The Kier molecular flexibility index (Phi) is 7.25. The third kappa shape index (κ3) is 5.74. The minimum Gasteiger partial charge on any atom is -0.467 e.